The van der Waals surface area contributed by atoms with Crippen LogP contribution in [-0.2, 0) is 0 Å². The van der Waals surface area contributed by atoms with Gasteiger partial charge in [-0.15, -0.1) is 0 Å². The van der Waals surface area contributed by atoms with Crippen LogP contribution in [-0.4, -0.2) is 14.5 Å². The Kier molecular flexibility index (Phi) is 2.73. The predicted octanol–water partition coefficient (Wildman–Crippen LogP) is -0.0469. The molecule has 2 rings (SSSR count). The molecule has 0 radical (unpaired) electrons. The quantitative estimate of drug-likeness (QED) is 0.743. The Bertz CT molecular complexity index is 735. The summed E-state index contributed by atoms with van der Waals surface area (Å²) in [6.45, 7) is 0. The van der Waals surface area contributed by atoms with Crippen LogP contribution < -0.4 is 11.3 Å². The first-order valence-electron chi connectivity index (χ1n) is 4.81. The van der Waals surface area contributed by atoms with Crippen molar-refractivity contribution < 1.29 is 0 Å². The monoisotopic (exact) mass is 238 g/mol. The van der Waals surface area contributed by atoms with Crippen LogP contribution in [0.1, 0.15) is 11.1 Å². The van der Waals surface area contributed by atoms with E-state index in [1.807, 2.05) is 6.07 Å². The normalized spacial score (nSPS) is 9.44. The van der Waals surface area contributed by atoms with Gasteiger partial charge >= 0.3 is 0 Å². The van der Waals surface area contributed by atoms with Gasteiger partial charge in [0.1, 0.15) is 23.5 Å². The van der Waals surface area contributed by atoms with E-state index >= 15 is 0 Å². The van der Waals surface area contributed by atoms with E-state index in [0.717, 1.165) is 10.6 Å². The van der Waals surface area contributed by atoms with Crippen LogP contribution >= 0.6 is 0 Å². The van der Waals surface area contributed by atoms with Crippen LogP contribution in [0, 0.1) is 22.7 Å². The fourth-order valence-corrected chi connectivity index (χ4v) is 1.43. The molecule has 0 aromatic carbocycles. The summed E-state index contributed by atoms with van der Waals surface area (Å²) in [4.78, 5) is 19.7. The second-order valence-corrected chi connectivity index (χ2v) is 3.28. The van der Waals surface area contributed by atoms with Gasteiger partial charge in [0.25, 0.3) is 5.56 Å². The molecule has 0 saturated carbocycles. The average molecular weight is 238 g/mol. The maximum Gasteiger partial charge on any atom is 0.275 e. The van der Waals surface area contributed by atoms with Crippen molar-refractivity contribution in [3.05, 3.63) is 46.1 Å². The van der Waals surface area contributed by atoms with Gasteiger partial charge in [-0.1, -0.05) is 0 Å². The van der Waals surface area contributed by atoms with Gasteiger partial charge in [0.2, 0.25) is 0 Å². The number of hydrogen-bond donors (Lipinski definition) is 1. The SMILES string of the molecule is N#Cc1cc(C#N)c(=O)n(-c2cnccn2)c1N. The lowest BCUT2D eigenvalue weighted by Gasteiger charge is -2.09. The van der Waals surface area contributed by atoms with Crippen molar-refractivity contribution in [3.8, 4) is 18.0 Å². The molecule has 0 unspecified atom stereocenters. The summed E-state index contributed by atoms with van der Waals surface area (Å²) in [6.07, 6.45) is 4.14. The third-order valence-electron chi connectivity index (χ3n) is 2.26. The number of aromatic nitrogens is 3. The first kappa shape index (κ1) is 11.3. The molecule has 0 saturated heterocycles. The number of nitriles is 2. The molecule has 0 fully saturated rings. The molecule has 2 N–H and O–H groups in total. The van der Waals surface area contributed by atoms with Gasteiger partial charge in [0.15, 0.2) is 5.82 Å². The summed E-state index contributed by atoms with van der Waals surface area (Å²) in [6, 6.07) is 4.70. The maximum atomic E-state index is 12.0. The van der Waals surface area contributed by atoms with Crippen LogP contribution in [0.25, 0.3) is 5.82 Å². The van der Waals surface area contributed by atoms with Gasteiger partial charge in [-0.2, -0.15) is 10.5 Å². The smallest absolute Gasteiger partial charge is 0.275 e. The highest BCUT2D eigenvalue weighted by molar-refractivity contribution is 5.55. The Balaban J connectivity index is 2.88. The molecule has 0 amide bonds. The van der Waals surface area contributed by atoms with Gasteiger partial charge < -0.3 is 5.73 Å². The molecule has 0 atom stereocenters. The molecule has 2 heterocycles. The van der Waals surface area contributed by atoms with E-state index in [1.54, 1.807) is 6.07 Å². The lowest BCUT2D eigenvalue weighted by molar-refractivity contribution is 0.928. The number of nitrogen functional groups attached to an aromatic ring is 1. The van der Waals surface area contributed by atoms with Crippen molar-refractivity contribution in [2.24, 2.45) is 0 Å². The zero-order valence-corrected chi connectivity index (χ0v) is 9.03. The average Bonchev–Trinajstić information content (AvgIpc) is 2.40. The van der Waals surface area contributed by atoms with E-state index in [4.69, 9.17) is 16.3 Å². The molecule has 0 aliphatic carbocycles. The molecular formula is C11H6N6O. The predicted molar refractivity (Wildman–Crippen MR) is 61.5 cm³/mol. The van der Waals surface area contributed by atoms with E-state index in [0.29, 0.717) is 0 Å². The Hall–Kier alpha value is -3.19. The minimum atomic E-state index is -0.630. The van der Waals surface area contributed by atoms with Crippen LogP contribution in [0.4, 0.5) is 5.82 Å². The summed E-state index contributed by atoms with van der Waals surface area (Å²) in [5.74, 6) is 0.0931. The summed E-state index contributed by atoms with van der Waals surface area (Å²) < 4.78 is 0.990. The van der Waals surface area contributed by atoms with Crippen LogP contribution in [0.3, 0.4) is 0 Å². The molecule has 2 aromatic rings. The lowest BCUT2D eigenvalue weighted by Crippen LogP contribution is -2.25. The lowest BCUT2D eigenvalue weighted by atomic mass is 10.2. The molecule has 7 nitrogen and oxygen atoms in total. The van der Waals surface area contributed by atoms with Crippen molar-refractivity contribution >= 4 is 5.82 Å². The number of anilines is 1. The number of nitrogens with zero attached hydrogens (tertiary/aromatic N) is 5. The van der Waals surface area contributed by atoms with Gasteiger partial charge in [0.05, 0.1) is 11.8 Å². The van der Waals surface area contributed by atoms with Crippen LogP contribution in [0.2, 0.25) is 0 Å². The number of nitrogens with two attached hydrogens (primary N) is 1. The highest BCUT2D eigenvalue weighted by atomic mass is 16.1. The summed E-state index contributed by atoms with van der Waals surface area (Å²) in [7, 11) is 0. The number of hydrogen-bond acceptors (Lipinski definition) is 6. The third-order valence-corrected chi connectivity index (χ3v) is 2.26. The molecule has 2 aromatic heterocycles. The second kappa shape index (κ2) is 4.36. The molecule has 0 bridgehead atoms. The van der Waals surface area contributed by atoms with Crippen molar-refractivity contribution in [3.63, 3.8) is 0 Å². The Labute approximate surface area is 101 Å². The number of pyridine rings is 1. The van der Waals surface area contributed by atoms with Gasteiger partial charge in [-0.05, 0) is 6.07 Å². The fourth-order valence-electron chi connectivity index (χ4n) is 1.43. The van der Waals surface area contributed by atoms with Crippen molar-refractivity contribution in [1.82, 2.24) is 14.5 Å². The van der Waals surface area contributed by atoms with Crippen LogP contribution in [0.5, 0.6) is 0 Å². The van der Waals surface area contributed by atoms with E-state index in [9.17, 15) is 4.79 Å². The maximum absolute atomic E-state index is 12.0. The zero-order chi connectivity index (χ0) is 13.1. The molecule has 18 heavy (non-hydrogen) atoms. The molecule has 0 aliphatic heterocycles. The highest BCUT2D eigenvalue weighted by Gasteiger charge is 2.14. The first-order valence-corrected chi connectivity index (χ1v) is 4.81. The fraction of sp³-hybridized carbons (Fsp3) is 0. The Morgan fingerprint density at radius 3 is 2.50 bits per heavy atom. The summed E-state index contributed by atoms with van der Waals surface area (Å²) >= 11 is 0. The van der Waals surface area contributed by atoms with E-state index < -0.39 is 5.56 Å². The van der Waals surface area contributed by atoms with E-state index in [2.05, 4.69) is 9.97 Å². The molecule has 86 valence electrons. The van der Waals surface area contributed by atoms with Crippen molar-refractivity contribution in [2.75, 3.05) is 5.73 Å². The topological polar surface area (TPSA) is 121 Å². The van der Waals surface area contributed by atoms with Crippen molar-refractivity contribution in [1.29, 1.82) is 10.5 Å². The third kappa shape index (κ3) is 1.66. The number of rotatable bonds is 1. The minimum absolute atomic E-state index is 0.0387. The van der Waals surface area contributed by atoms with Gasteiger partial charge in [-0.25, -0.2) is 9.55 Å². The van der Waals surface area contributed by atoms with Gasteiger partial charge in [0, 0.05) is 12.4 Å². The molecular weight excluding hydrogens is 232 g/mol. The minimum Gasteiger partial charge on any atom is -0.384 e. The van der Waals surface area contributed by atoms with Crippen LogP contribution in [0.15, 0.2) is 29.5 Å². The standard InChI is InChI=1S/C11H6N6O/c12-4-7-3-8(5-13)11(18)17(10(7)14)9-6-15-1-2-16-9/h1-3,6H,14H2. The molecule has 0 aliphatic rings. The second-order valence-electron chi connectivity index (χ2n) is 3.28. The van der Waals surface area contributed by atoms with E-state index in [-0.39, 0.29) is 22.8 Å². The largest absolute Gasteiger partial charge is 0.384 e. The molecule has 0 spiro atoms. The Morgan fingerprint density at radius 2 is 1.94 bits per heavy atom. The molecule has 7 heteroatoms. The highest BCUT2D eigenvalue weighted by Crippen LogP contribution is 2.13. The van der Waals surface area contributed by atoms with E-state index in [1.165, 1.54) is 18.6 Å². The van der Waals surface area contributed by atoms with Crippen molar-refractivity contribution in [2.45, 2.75) is 0 Å². The van der Waals surface area contributed by atoms with Gasteiger partial charge in [-0.3, -0.25) is 9.78 Å². The Morgan fingerprint density at radius 1 is 1.22 bits per heavy atom. The summed E-state index contributed by atoms with van der Waals surface area (Å²) in [5.41, 5.74) is 4.95. The zero-order valence-electron chi connectivity index (χ0n) is 9.03. The summed E-state index contributed by atoms with van der Waals surface area (Å²) in [5, 5.41) is 17.8. The first-order chi connectivity index (χ1) is 8.69.